The third-order valence-corrected chi connectivity index (χ3v) is 6.94. The number of aryl methyl sites for hydroxylation is 1. The topological polar surface area (TPSA) is 202 Å². The molecule has 14 heteroatoms. The van der Waals surface area contributed by atoms with Crippen LogP contribution in [0.4, 0.5) is 0 Å². The number of nitrogens with zero attached hydrogens (tertiary/aromatic N) is 2. The number of ether oxygens (including phenoxy) is 3. The number of pyridine rings is 1. The van der Waals surface area contributed by atoms with Gasteiger partial charge in [0, 0.05) is 36.1 Å². The van der Waals surface area contributed by atoms with Gasteiger partial charge in [-0.05, 0) is 44.2 Å². The molecule has 3 rings (SSSR count). The monoisotopic (exact) mass is 692 g/mol. The highest BCUT2D eigenvalue weighted by molar-refractivity contribution is 8.93. The fourth-order valence-corrected chi connectivity index (χ4v) is 4.85. The second kappa shape index (κ2) is 15.7. The second-order valence-electron chi connectivity index (χ2n) is 11.4. The van der Waals surface area contributed by atoms with Crippen LogP contribution >= 0.6 is 17.0 Å². The van der Waals surface area contributed by atoms with E-state index in [0.29, 0.717) is 22.6 Å². The number of amidine groups is 1. The summed E-state index contributed by atoms with van der Waals surface area (Å²) >= 11 is 0. The maximum absolute atomic E-state index is 13.7. The third-order valence-electron chi connectivity index (χ3n) is 6.94. The minimum Gasteiger partial charge on any atom is -0.491 e. The van der Waals surface area contributed by atoms with Crippen molar-refractivity contribution in [2.75, 3.05) is 26.4 Å². The Balaban J connectivity index is 0.00000705. The number of carboxylic acids is 2. The number of hydrogen-bond acceptors (Lipinski definition) is 9. The lowest BCUT2D eigenvalue weighted by Crippen LogP contribution is -2.31. The fourth-order valence-electron chi connectivity index (χ4n) is 4.85. The minimum absolute atomic E-state index is 0. The van der Waals surface area contributed by atoms with Crippen LogP contribution in [0.3, 0.4) is 0 Å². The van der Waals surface area contributed by atoms with Crippen LogP contribution < -0.4 is 19.9 Å². The van der Waals surface area contributed by atoms with Gasteiger partial charge in [0.25, 0.3) is 5.91 Å². The van der Waals surface area contributed by atoms with Gasteiger partial charge in [0.15, 0.2) is 23.0 Å². The number of aliphatic carboxylic acids is 2. The van der Waals surface area contributed by atoms with Crippen LogP contribution in [0, 0.1) is 12.3 Å². The first kappa shape index (κ1) is 37.0. The molecule has 0 atom stereocenters. The molecule has 0 saturated heterocycles. The van der Waals surface area contributed by atoms with Crippen LogP contribution in [0.5, 0.6) is 17.2 Å². The largest absolute Gasteiger partial charge is 0.491 e. The predicted octanol–water partition coefficient (Wildman–Crippen LogP) is 4.27. The number of fused-ring (bicyclic) bond motifs is 1. The molecule has 0 unspecified atom stereocenters. The first-order chi connectivity index (χ1) is 20.6. The molecule has 0 aliphatic carbocycles. The van der Waals surface area contributed by atoms with E-state index >= 15 is 0 Å². The lowest BCUT2D eigenvalue weighted by atomic mass is 9.84. The van der Waals surface area contributed by atoms with Gasteiger partial charge in [0.1, 0.15) is 11.5 Å². The van der Waals surface area contributed by atoms with Crippen molar-refractivity contribution in [3.8, 4) is 17.2 Å². The van der Waals surface area contributed by atoms with Gasteiger partial charge < -0.3 is 35.1 Å². The first-order valence-electron chi connectivity index (χ1n) is 14.4. The van der Waals surface area contributed by atoms with Gasteiger partial charge in [-0.15, -0.1) is 17.0 Å². The predicted molar refractivity (Wildman–Crippen MR) is 170 cm³/mol. The summed E-state index contributed by atoms with van der Waals surface area (Å²) in [7, 11) is 0. The van der Waals surface area contributed by atoms with Crippen molar-refractivity contribution in [2.45, 2.75) is 72.3 Å². The summed E-state index contributed by atoms with van der Waals surface area (Å²) < 4.78 is 17.6. The highest BCUT2D eigenvalue weighted by Crippen LogP contribution is 2.41. The number of hydrogen-bond donors (Lipinski definition) is 4. The van der Waals surface area contributed by atoms with Crippen molar-refractivity contribution in [2.24, 2.45) is 5.73 Å². The number of nitrogens with one attached hydrogen (secondary N) is 1. The summed E-state index contributed by atoms with van der Waals surface area (Å²) in [5.74, 6) is -2.16. The number of primary amides is 1. The Morgan fingerprint density at radius 1 is 1.00 bits per heavy atom. The van der Waals surface area contributed by atoms with Gasteiger partial charge in [-0.3, -0.25) is 24.6 Å². The number of aromatic nitrogens is 1. The van der Waals surface area contributed by atoms with Crippen LogP contribution in [0.25, 0.3) is 0 Å². The van der Waals surface area contributed by atoms with Crippen molar-refractivity contribution in [1.82, 2.24) is 9.88 Å². The van der Waals surface area contributed by atoms with E-state index in [1.807, 2.05) is 20.8 Å². The first-order valence-corrected chi connectivity index (χ1v) is 14.4. The molecule has 13 nitrogen and oxygen atoms in total. The Bertz CT molecular complexity index is 1470. The van der Waals surface area contributed by atoms with Gasteiger partial charge in [0.2, 0.25) is 0 Å². The van der Waals surface area contributed by atoms with Gasteiger partial charge in [0.05, 0.1) is 37.6 Å². The molecule has 0 fully saturated rings. The number of carbonyl (C=O) groups excluding carboxylic acids is 2. The highest BCUT2D eigenvalue weighted by atomic mass is 79.9. The number of halogens is 1. The van der Waals surface area contributed by atoms with E-state index in [9.17, 15) is 19.2 Å². The number of nitrogens with two attached hydrogens (primary N) is 1. The lowest BCUT2D eigenvalue weighted by Gasteiger charge is -2.26. The van der Waals surface area contributed by atoms with E-state index in [-0.39, 0.29) is 116 Å². The molecule has 2 aromatic rings. The lowest BCUT2D eigenvalue weighted by molar-refractivity contribution is -0.138. The van der Waals surface area contributed by atoms with Crippen molar-refractivity contribution in [3.63, 3.8) is 0 Å². The average Bonchev–Trinajstić information content (AvgIpc) is 3.22. The molecule has 1 aromatic carbocycles. The normalized spacial score (nSPS) is 12.3. The molecule has 1 aliphatic heterocycles. The standard InChI is InChI=1S/C31H40N4O9.BrH/c1-6-42-27-17(2)34-26-19(25(27)30(33)41)15-35(29(26)32)16-21(36)18-13-20(31(3,4)5)28(44-12-8-10-24(39)40)22(14-18)43-11-7-9-23(37)38;/h13-14,32H,6-12,15-16H2,1-5H3,(H2,33,41)(H,37,38)(H,39,40);1H. The van der Waals surface area contributed by atoms with E-state index in [1.54, 1.807) is 19.9 Å². The SMILES string of the molecule is Br.CCOc1c(C)nc2c(c1C(N)=O)CN(CC(=O)c1cc(OCCCC(=O)O)c(OCCCC(=O)O)c(C(C)(C)C)c1)C2=N. The number of carbonyl (C=O) groups is 4. The molecule has 0 radical (unpaired) electrons. The molecule has 1 aromatic heterocycles. The van der Waals surface area contributed by atoms with Gasteiger partial charge >= 0.3 is 11.9 Å². The molecule has 5 N–H and O–H groups in total. The maximum atomic E-state index is 13.7. The van der Waals surface area contributed by atoms with Crippen LogP contribution in [-0.4, -0.2) is 75.9 Å². The Morgan fingerprint density at radius 3 is 2.13 bits per heavy atom. The summed E-state index contributed by atoms with van der Waals surface area (Å²) in [6.45, 7) is 9.49. The molecule has 0 saturated carbocycles. The van der Waals surface area contributed by atoms with Gasteiger partial charge in [-0.1, -0.05) is 20.8 Å². The molecule has 0 bridgehead atoms. The summed E-state index contributed by atoms with van der Waals surface area (Å²) in [6.07, 6.45) is 0.279. The number of ketones is 1. The summed E-state index contributed by atoms with van der Waals surface area (Å²) in [5.41, 5.74) is 7.32. The molecule has 246 valence electrons. The molecule has 45 heavy (non-hydrogen) atoms. The molecular weight excluding hydrogens is 652 g/mol. The van der Waals surface area contributed by atoms with Gasteiger partial charge in [-0.2, -0.15) is 0 Å². The number of benzene rings is 1. The van der Waals surface area contributed by atoms with E-state index in [4.69, 9.17) is 35.6 Å². The molecule has 2 heterocycles. The zero-order valence-corrected chi connectivity index (χ0v) is 27.9. The second-order valence-corrected chi connectivity index (χ2v) is 11.4. The number of rotatable bonds is 16. The number of carboxylic acid groups (broad SMARTS) is 2. The van der Waals surface area contributed by atoms with Crippen LogP contribution in [0.15, 0.2) is 12.1 Å². The van der Waals surface area contributed by atoms with Crippen molar-refractivity contribution in [1.29, 1.82) is 5.41 Å². The Kier molecular flexibility index (Phi) is 12.9. The summed E-state index contributed by atoms with van der Waals surface area (Å²) in [6, 6.07) is 3.21. The number of amides is 1. The zero-order valence-electron chi connectivity index (χ0n) is 26.2. The van der Waals surface area contributed by atoms with Gasteiger partial charge in [-0.25, -0.2) is 4.98 Å². The average molecular weight is 694 g/mol. The molecule has 0 spiro atoms. The molecule has 1 aliphatic rings. The Hall–Kier alpha value is -4.20. The molecule has 1 amide bonds. The van der Waals surface area contributed by atoms with Crippen molar-refractivity contribution >= 4 is 46.4 Å². The Morgan fingerprint density at radius 2 is 1.60 bits per heavy atom. The Labute approximate surface area is 272 Å². The molecular formula is C31H41BrN4O9. The third kappa shape index (κ3) is 9.16. The van der Waals surface area contributed by atoms with Crippen molar-refractivity contribution in [3.05, 3.63) is 45.8 Å². The minimum atomic E-state index is -0.968. The fraction of sp³-hybridized carbons (Fsp3) is 0.484. The van der Waals surface area contributed by atoms with E-state index in [2.05, 4.69) is 4.98 Å². The summed E-state index contributed by atoms with van der Waals surface area (Å²) in [5, 5.41) is 26.7. The number of Topliss-reactive ketones (excluding diaryl/α,β-unsaturated/α-hetero) is 1. The summed E-state index contributed by atoms with van der Waals surface area (Å²) in [4.78, 5) is 54.1. The van der Waals surface area contributed by atoms with E-state index in [0.717, 1.165) is 0 Å². The van der Waals surface area contributed by atoms with E-state index in [1.165, 1.54) is 11.0 Å². The van der Waals surface area contributed by atoms with Crippen LogP contribution in [0.1, 0.15) is 96.6 Å². The maximum Gasteiger partial charge on any atom is 0.303 e. The van der Waals surface area contributed by atoms with E-state index < -0.39 is 23.3 Å². The van der Waals surface area contributed by atoms with Crippen molar-refractivity contribution < 1.29 is 43.6 Å². The highest BCUT2D eigenvalue weighted by Gasteiger charge is 2.35. The smallest absolute Gasteiger partial charge is 0.303 e. The van der Waals surface area contributed by atoms with Crippen LogP contribution in [0.2, 0.25) is 0 Å². The van der Waals surface area contributed by atoms with Crippen LogP contribution in [-0.2, 0) is 21.5 Å². The zero-order chi connectivity index (χ0) is 32.8. The quantitative estimate of drug-likeness (QED) is 0.144.